The van der Waals surface area contributed by atoms with Gasteiger partial charge >= 0.3 is 11.9 Å². The summed E-state index contributed by atoms with van der Waals surface area (Å²) in [5, 5.41) is 18.1. The molecule has 0 radical (unpaired) electrons. The Hall–Kier alpha value is -3.54. The number of methoxy groups -OCH3 is 2. The van der Waals surface area contributed by atoms with Crippen LogP contribution in [0.4, 0.5) is 0 Å². The molecule has 0 fully saturated rings. The van der Waals surface area contributed by atoms with Crippen LogP contribution in [0.1, 0.15) is 57.1 Å². The van der Waals surface area contributed by atoms with Gasteiger partial charge in [0.1, 0.15) is 5.75 Å². The van der Waals surface area contributed by atoms with Gasteiger partial charge in [-0.25, -0.2) is 9.59 Å². The van der Waals surface area contributed by atoms with E-state index in [1.54, 1.807) is 13.2 Å². The Morgan fingerprint density at radius 2 is 1.50 bits per heavy atom. The molecular formula is C28H36O6. The van der Waals surface area contributed by atoms with E-state index in [4.69, 9.17) is 9.84 Å². The first-order valence-corrected chi connectivity index (χ1v) is 11.5. The van der Waals surface area contributed by atoms with Gasteiger partial charge in [0.2, 0.25) is 5.76 Å². The van der Waals surface area contributed by atoms with E-state index in [1.807, 2.05) is 54.6 Å². The van der Waals surface area contributed by atoms with Gasteiger partial charge in [0.25, 0.3) is 0 Å². The lowest BCUT2D eigenvalue weighted by Gasteiger charge is -2.14. The highest BCUT2D eigenvalue weighted by atomic mass is 16.5. The number of hydrogen-bond donors (Lipinski definition) is 2. The smallest absolute Gasteiger partial charge is 0.371 e. The standard InChI is InChI=1S/C18H26O3.C10H10O3/c1-4-6-7-14(5-2)12-16(18(19)20)13-15-8-10-17(21-3)11-9-15;1-13-9(10(11)12)7-8-5-3-2-4-6-8/h8-11,13-14H,4-7,12H2,1-3H3,(H,19,20);2-7H,1H3,(H,11,12). The average Bonchev–Trinajstić information content (AvgIpc) is 2.85. The van der Waals surface area contributed by atoms with Crippen LogP contribution in [0.15, 0.2) is 65.9 Å². The average molecular weight is 469 g/mol. The highest BCUT2D eigenvalue weighted by Gasteiger charge is 2.14. The number of carboxylic acid groups (broad SMARTS) is 2. The van der Waals surface area contributed by atoms with Crippen molar-refractivity contribution in [2.24, 2.45) is 5.92 Å². The zero-order chi connectivity index (χ0) is 25.3. The van der Waals surface area contributed by atoms with Crippen molar-refractivity contribution in [1.29, 1.82) is 0 Å². The second kappa shape index (κ2) is 16.1. The van der Waals surface area contributed by atoms with Crippen molar-refractivity contribution in [1.82, 2.24) is 0 Å². The number of benzene rings is 2. The molecular weight excluding hydrogens is 432 g/mol. The van der Waals surface area contributed by atoms with Crippen LogP contribution >= 0.6 is 0 Å². The van der Waals surface area contributed by atoms with Crippen LogP contribution in [0, 0.1) is 5.92 Å². The molecule has 0 aromatic heterocycles. The van der Waals surface area contributed by atoms with E-state index in [0.29, 0.717) is 17.9 Å². The second-order valence-electron chi connectivity index (χ2n) is 7.80. The van der Waals surface area contributed by atoms with Gasteiger partial charge in [-0.3, -0.25) is 0 Å². The molecule has 0 saturated carbocycles. The number of carboxylic acids is 2. The molecule has 0 amide bonds. The molecule has 2 aromatic rings. The Labute approximate surface area is 202 Å². The maximum atomic E-state index is 11.5. The van der Waals surface area contributed by atoms with E-state index >= 15 is 0 Å². The molecule has 1 atom stereocenters. The molecule has 0 aliphatic carbocycles. The van der Waals surface area contributed by atoms with Crippen molar-refractivity contribution < 1.29 is 29.3 Å². The quantitative estimate of drug-likeness (QED) is 0.272. The fraction of sp³-hybridized carbons (Fsp3) is 0.357. The van der Waals surface area contributed by atoms with Crippen molar-refractivity contribution in [2.45, 2.75) is 46.0 Å². The van der Waals surface area contributed by atoms with Crippen LogP contribution in [0.5, 0.6) is 5.75 Å². The first kappa shape index (κ1) is 28.5. The highest BCUT2D eigenvalue weighted by molar-refractivity contribution is 5.92. The lowest BCUT2D eigenvalue weighted by molar-refractivity contribution is -0.136. The fourth-order valence-electron chi connectivity index (χ4n) is 3.27. The summed E-state index contributed by atoms with van der Waals surface area (Å²) >= 11 is 0. The van der Waals surface area contributed by atoms with Gasteiger partial charge in [0.05, 0.1) is 14.2 Å². The molecule has 1 unspecified atom stereocenters. The summed E-state index contributed by atoms with van der Waals surface area (Å²) in [6.07, 6.45) is 8.32. The monoisotopic (exact) mass is 468 g/mol. The lowest BCUT2D eigenvalue weighted by Crippen LogP contribution is -2.08. The molecule has 0 heterocycles. The molecule has 6 nitrogen and oxygen atoms in total. The lowest BCUT2D eigenvalue weighted by atomic mass is 9.91. The summed E-state index contributed by atoms with van der Waals surface area (Å²) in [6.45, 7) is 4.30. The number of unbranched alkanes of at least 4 members (excludes halogenated alkanes) is 1. The van der Waals surface area contributed by atoms with Crippen molar-refractivity contribution in [2.75, 3.05) is 14.2 Å². The maximum absolute atomic E-state index is 11.5. The normalized spacial score (nSPS) is 12.2. The van der Waals surface area contributed by atoms with Gasteiger partial charge in [-0.05, 0) is 47.8 Å². The molecule has 6 heteroatoms. The Kier molecular flexibility index (Phi) is 13.5. The molecule has 2 rings (SSSR count). The Bertz CT molecular complexity index is 929. The Balaban J connectivity index is 0.000000380. The summed E-state index contributed by atoms with van der Waals surface area (Å²) in [7, 11) is 2.95. The predicted molar refractivity (Wildman–Crippen MR) is 136 cm³/mol. The number of hydrogen-bond acceptors (Lipinski definition) is 4. The third-order valence-electron chi connectivity index (χ3n) is 5.31. The van der Waals surface area contributed by atoms with E-state index in [-0.39, 0.29) is 5.76 Å². The van der Waals surface area contributed by atoms with Gasteiger partial charge in [-0.1, -0.05) is 82.0 Å². The Morgan fingerprint density at radius 3 is 1.97 bits per heavy atom. The summed E-state index contributed by atoms with van der Waals surface area (Å²) < 4.78 is 9.79. The van der Waals surface area contributed by atoms with Crippen LogP contribution in [-0.2, 0) is 14.3 Å². The van der Waals surface area contributed by atoms with Gasteiger partial charge in [0, 0.05) is 5.57 Å². The van der Waals surface area contributed by atoms with Crippen molar-refractivity contribution in [3.63, 3.8) is 0 Å². The molecule has 0 bridgehead atoms. The highest BCUT2D eigenvalue weighted by Crippen LogP contribution is 2.23. The first-order chi connectivity index (χ1) is 16.3. The van der Waals surface area contributed by atoms with Crippen LogP contribution in [0.25, 0.3) is 12.2 Å². The zero-order valence-corrected chi connectivity index (χ0v) is 20.5. The molecule has 184 valence electrons. The number of rotatable bonds is 12. The minimum Gasteiger partial charge on any atom is -0.497 e. The third kappa shape index (κ3) is 10.9. The van der Waals surface area contributed by atoms with Crippen molar-refractivity contribution in [3.8, 4) is 5.75 Å². The van der Waals surface area contributed by atoms with Crippen LogP contribution in [0.3, 0.4) is 0 Å². The molecule has 34 heavy (non-hydrogen) atoms. The number of aliphatic carboxylic acids is 2. The minimum atomic E-state index is -1.06. The summed E-state index contributed by atoms with van der Waals surface area (Å²) in [6, 6.07) is 16.6. The zero-order valence-electron chi connectivity index (χ0n) is 20.5. The second-order valence-corrected chi connectivity index (χ2v) is 7.80. The molecule has 0 aliphatic heterocycles. The molecule has 2 aromatic carbocycles. The SMILES string of the molecule is CCCCC(CC)CC(=Cc1ccc(OC)cc1)C(=O)O.COC(=Cc1ccccc1)C(=O)O. The molecule has 0 saturated heterocycles. The van der Waals surface area contributed by atoms with Gasteiger partial charge in [-0.2, -0.15) is 0 Å². The minimum absolute atomic E-state index is 0.0637. The predicted octanol–water partition coefficient (Wildman–Crippen LogP) is 6.53. The number of carbonyl (C=O) groups is 2. The van der Waals surface area contributed by atoms with E-state index < -0.39 is 11.9 Å². The van der Waals surface area contributed by atoms with Crippen molar-refractivity contribution in [3.05, 3.63) is 77.1 Å². The van der Waals surface area contributed by atoms with Crippen LogP contribution in [-0.4, -0.2) is 36.4 Å². The first-order valence-electron chi connectivity index (χ1n) is 11.5. The maximum Gasteiger partial charge on any atom is 0.371 e. The van der Waals surface area contributed by atoms with Crippen LogP contribution < -0.4 is 4.74 Å². The van der Waals surface area contributed by atoms with Gasteiger partial charge in [-0.15, -0.1) is 0 Å². The summed E-state index contributed by atoms with van der Waals surface area (Å²) in [5.74, 6) is -0.720. The van der Waals surface area contributed by atoms with Gasteiger partial charge in [0.15, 0.2) is 0 Å². The Morgan fingerprint density at radius 1 is 0.882 bits per heavy atom. The van der Waals surface area contributed by atoms with E-state index in [0.717, 1.165) is 42.6 Å². The molecule has 0 aliphatic rings. The summed E-state index contributed by atoms with van der Waals surface area (Å²) in [5.41, 5.74) is 2.20. The third-order valence-corrected chi connectivity index (χ3v) is 5.31. The van der Waals surface area contributed by atoms with E-state index in [1.165, 1.54) is 13.2 Å². The molecule has 0 spiro atoms. The topological polar surface area (TPSA) is 93.1 Å². The fourth-order valence-corrected chi connectivity index (χ4v) is 3.27. The largest absolute Gasteiger partial charge is 0.497 e. The number of ether oxygens (including phenoxy) is 2. The molecule has 2 N–H and O–H groups in total. The van der Waals surface area contributed by atoms with E-state index in [9.17, 15) is 14.7 Å². The van der Waals surface area contributed by atoms with Crippen molar-refractivity contribution >= 4 is 24.1 Å². The van der Waals surface area contributed by atoms with E-state index in [2.05, 4.69) is 18.6 Å². The van der Waals surface area contributed by atoms with Gasteiger partial charge < -0.3 is 19.7 Å². The summed E-state index contributed by atoms with van der Waals surface area (Å²) in [4.78, 5) is 22.0. The van der Waals surface area contributed by atoms with Crippen LogP contribution in [0.2, 0.25) is 0 Å².